The van der Waals surface area contributed by atoms with Crippen molar-refractivity contribution in [1.29, 1.82) is 0 Å². The molecular weight excluding hydrogens is 517 g/mol. The predicted molar refractivity (Wildman–Crippen MR) is 135 cm³/mol. The lowest BCUT2D eigenvalue weighted by Gasteiger charge is -2.22. The second kappa shape index (κ2) is 10.1. The van der Waals surface area contributed by atoms with Gasteiger partial charge in [0, 0.05) is 34.7 Å². The van der Waals surface area contributed by atoms with Crippen LogP contribution in [0.3, 0.4) is 0 Å². The number of aromatic nitrogens is 6. The number of nitrogens with zero attached hydrogens (tertiary/aromatic N) is 4. The fraction of sp³-hybridized carbons (Fsp3) is 0.259. The van der Waals surface area contributed by atoms with Crippen LogP contribution in [0.2, 0.25) is 5.02 Å². The van der Waals surface area contributed by atoms with Gasteiger partial charge in [-0.05, 0) is 53.7 Å². The third kappa shape index (κ3) is 4.83. The molecule has 0 amide bonds. The van der Waals surface area contributed by atoms with Crippen molar-refractivity contribution in [3.05, 3.63) is 88.0 Å². The number of hydrogen-bond acceptors (Lipinski definition) is 5. The topological polar surface area (TPSA) is 92.4 Å². The number of imidazole rings is 1. The predicted octanol–water partition coefficient (Wildman–Crippen LogP) is 6.52. The van der Waals surface area contributed by atoms with Crippen molar-refractivity contribution in [3.63, 3.8) is 0 Å². The molecule has 7 nitrogen and oxygen atoms in total. The highest BCUT2D eigenvalue weighted by molar-refractivity contribution is 6.30. The minimum Gasteiger partial charge on any atom is -0.488 e. The summed E-state index contributed by atoms with van der Waals surface area (Å²) in [7, 11) is 0. The highest BCUT2D eigenvalue weighted by Gasteiger charge is 2.32. The number of tetrazole rings is 1. The van der Waals surface area contributed by atoms with E-state index in [1.165, 1.54) is 6.07 Å². The van der Waals surface area contributed by atoms with Gasteiger partial charge in [-0.15, -0.1) is 10.2 Å². The maximum absolute atomic E-state index is 14.8. The van der Waals surface area contributed by atoms with Gasteiger partial charge in [0.15, 0.2) is 11.6 Å². The minimum absolute atomic E-state index is 0.0176. The van der Waals surface area contributed by atoms with Crippen molar-refractivity contribution in [1.82, 2.24) is 30.6 Å². The monoisotopic (exact) mass is 538 g/mol. The lowest BCUT2D eigenvalue weighted by molar-refractivity contribution is 0.292. The molecule has 0 bridgehead atoms. The Morgan fingerprint density at radius 2 is 1.84 bits per heavy atom. The van der Waals surface area contributed by atoms with Crippen LogP contribution in [-0.4, -0.2) is 30.6 Å². The van der Waals surface area contributed by atoms with Crippen LogP contribution in [0, 0.1) is 23.4 Å². The van der Waals surface area contributed by atoms with E-state index in [1.807, 2.05) is 12.1 Å². The molecule has 6 rings (SSSR count). The lowest BCUT2D eigenvalue weighted by Crippen LogP contribution is -2.12. The first-order chi connectivity index (χ1) is 18.4. The summed E-state index contributed by atoms with van der Waals surface area (Å²) in [5.74, 6) is -0.276. The molecule has 5 aromatic rings. The fourth-order valence-corrected chi connectivity index (χ4v) is 5.44. The SMILES string of the molecule is Fc1cc2nc(CC3CCCC3c3ccc(Cl)cc3OCc3ccc(-c4nn[nH]n4)cc3F)[nH]c2cc1F. The first-order valence-corrected chi connectivity index (χ1v) is 12.6. The molecule has 3 aromatic carbocycles. The van der Waals surface area contributed by atoms with E-state index in [2.05, 4.69) is 30.6 Å². The minimum atomic E-state index is -0.918. The van der Waals surface area contributed by atoms with Crippen molar-refractivity contribution in [3.8, 4) is 17.1 Å². The second-order valence-corrected chi connectivity index (χ2v) is 9.92. The van der Waals surface area contributed by atoms with Crippen LogP contribution in [0.1, 0.15) is 42.1 Å². The molecule has 0 saturated heterocycles. The highest BCUT2D eigenvalue weighted by atomic mass is 35.5. The number of H-pyrrole nitrogens is 2. The van der Waals surface area contributed by atoms with Crippen molar-refractivity contribution in [2.75, 3.05) is 0 Å². The first kappa shape index (κ1) is 24.4. The Hall–Kier alpha value is -3.92. The van der Waals surface area contributed by atoms with Gasteiger partial charge in [-0.2, -0.15) is 5.21 Å². The van der Waals surface area contributed by atoms with E-state index in [9.17, 15) is 13.2 Å². The molecule has 2 unspecified atom stereocenters. The van der Waals surface area contributed by atoms with Crippen LogP contribution in [0.5, 0.6) is 5.75 Å². The number of hydrogen-bond donors (Lipinski definition) is 2. The Morgan fingerprint density at radius 1 is 0.974 bits per heavy atom. The van der Waals surface area contributed by atoms with E-state index in [0.29, 0.717) is 51.0 Å². The zero-order chi connectivity index (χ0) is 26.2. The summed E-state index contributed by atoms with van der Waals surface area (Å²) < 4.78 is 48.2. The van der Waals surface area contributed by atoms with Crippen LogP contribution >= 0.6 is 11.6 Å². The van der Waals surface area contributed by atoms with E-state index in [-0.39, 0.29) is 18.4 Å². The van der Waals surface area contributed by atoms with Crippen molar-refractivity contribution in [2.24, 2.45) is 5.92 Å². The van der Waals surface area contributed by atoms with Gasteiger partial charge in [-0.25, -0.2) is 18.2 Å². The third-order valence-electron chi connectivity index (χ3n) is 7.10. The third-order valence-corrected chi connectivity index (χ3v) is 7.34. The number of ether oxygens (including phenoxy) is 1. The molecule has 194 valence electrons. The molecule has 2 N–H and O–H groups in total. The first-order valence-electron chi connectivity index (χ1n) is 12.2. The zero-order valence-corrected chi connectivity index (χ0v) is 20.8. The van der Waals surface area contributed by atoms with Crippen LogP contribution in [0.25, 0.3) is 22.4 Å². The summed E-state index contributed by atoms with van der Waals surface area (Å²) in [6.45, 7) is 0.0176. The van der Waals surface area contributed by atoms with Gasteiger partial charge in [0.05, 0.1) is 11.0 Å². The maximum Gasteiger partial charge on any atom is 0.204 e. The molecule has 2 aromatic heterocycles. The normalized spacial score (nSPS) is 17.4. The van der Waals surface area contributed by atoms with E-state index in [0.717, 1.165) is 37.0 Å². The molecule has 0 spiro atoms. The van der Waals surface area contributed by atoms with Gasteiger partial charge in [0.25, 0.3) is 0 Å². The smallest absolute Gasteiger partial charge is 0.204 e. The van der Waals surface area contributed by atoms with Crippen LogP contribution in [0.15, 0.2) is 48.5 Å². The molecule has 0 aliphatic heterocycles. The fourth-order valence-electron chi connectivity index (χ4n) is 5.28. The van der Waals surface area contributed by atoms with Gasteiger partial charge in [-0.3, -0.25) is 0 Å². The summed E-state index contributed by atoms with van der Waals surface area (Å²) in [5, 5.41) is 14.1. The largest absolute Gasteiger partial charge is 0.488 e. The standard InChI is InChI=1S/C27H22ClF3N6O/c28-17-6-7-19(25(10-17)38-13-16-5-4-15(8-20(16)29)27-34-36-37-35-27)18-3-1-2-14(18)9-26-32-23-11-21(30)22(31)12-24(23)33-26/h4-8,10-12,14,18H,1-3,9,13H2,(H,32,33)(H,34,35,36,37). The molecule has 0 radical (unpaired) electrons. The molecular formula is C27H22ClF3N6O. The number of benzene rings is 3. The highest BCUT2D eigenvalue weighted by Crippen LogP contribution is 2.45. The van der Waals surface area contributed by atoms with Crippen LogP contribution in [0.4, 0.5) is 13.2 Å². The summed E-state index contributed by atoms with van der Waals surface area (Å²) in [6, 6.07) is 12.5. The average Bonchev–Trinajstić information content (AvgIpc) is 3.66. The van der Waals surface area contributed by atoms with Crippen LogP contribution < -0.4 is 4.74 Å². The maximum atomic E-state index is 14.8. The number of halogens is 4. The molecule has 2 atom stereocenters. The van der Waals surface area contributed by atoms with E-state index < -0.39 is 17.5 Å². The van der Waals surface area contributed by atoms with Crippen molar-refractivity contribution in [2.45, 2.75) is 38.2 Å². The number of fused-ring (bicyclic) bond motifs is 1. The van der Waals surface area contributed by atoms with Gasteiger partial charge in [0.1, 0.15) is 24.0 Å². The van der Waals surface area contributed by atoms with Crippen molar-refractivity contribution < 1.29 is 17.9 Å². The quantitative estimate of drug-likeness (QED) is 0.246. The Kier molecular flexibility index (Phi) is 6.49. The van der Waals surface area contributed by atoms with E-state index in [4.69, 9.17) is 16.3 Å². The molecule has 1 saturated carbocycles. The Balaban J connectivity index is 1.21. The summed E-state index contributed by atoms with van der Waals surface area (Å²) in [5.41, 5.74) is 2.75. The summed E-state index contributed by atoms with van der Waals surface area (Å²) in [4.78, 5) is 7.61. The molecule has 1 aliphatic rings. The molecule has 1 aliphatic carbocycles. The number of rotatable bonds is 7. The van der Waals surface area contributed by atoms with E-state index >= 15 is 0 Å². The Labute approximate surface area is 220 Å². The molecule has 1 fully saturated rings. The van der Waals surface area contributed by atoms with E-state index in [1.54, 1.807) is 18.2 Å². The Morgan fingerprint density at radius 3 is 2.66 bits per heavy atom. The van der Waals surface area contributed by atoms with Crippen molar-refractivity contribution >= 4 is 22.6 Å². The van der Waals surface area contributed by atoms with Gasteiger partial charge in [0.2, 0.25) is 5.82 Å². The van der Waals surface area contributed by atoms with Gasteiger partial charge < -0.3 is 9.72 Å². The Bertz CT molecular complexity index is 1570. The lowest BCUT2D eigenvalue weighted by atomic mass is 9.86. The van der Waals surface area contributed by atoms with Gasteiger partial charge in [-0.1, -0.05) is 36.2 Å². The average molecular weight is 539 g/mol. The molecule has 38 heavy (non-hydrogen) atoms. The van der Waals surface area contributed by atoms with Gasteiger partial charge >= 0.3 is 0 Å². The zero-order valence-electron chi connectivity index (χ0n) is 20.0. The molecule has 2 heterocycles. The summed E-state index contributed by atoms with van der Waals surface area (Å²) in [6.07, 6.45) is 3.56. The molecule has 11 heteroatoms. The second-order valence-electron chi connectivity index (χ2n) is 9.48. The number of aromatic amines is 2. The summed E-state index contributed by atoms with van der Waals surface area (Å²) >= 11 is 6.30. The van der Waals surface area contributed by atoms with Crippen LogP contribution in [-0.2, 0) is 13.0 Å². The number of nitrogens with one attached hydrogen (secondary N) is 2.